The van der Waals surface area contributed by atoms with Gasteiger partial charge in [0.25, 0.3) is 0 Å². The van der Waals surface area contributed by atoms with Crippen molar-refractivity contribution in [2.24, 2.45) is 21.5 Å². The van der Waals surface area contributed by atoms with Gasteiger partial charge in [-0.25, -0.2) is 9.79 Å². The average molecular weight is 369 g/mol. The first-order chi connectivity index (χ1) is 13.0. The van der Waals surface area contributed by atoms with E-state index in [1.807, 2.05) is 30.0 Å². The van der Waals surface area contributed by atoms with Crippen LogP contribution in [0.3, 0.4) is 0 Å². The summed E-state index contributed by atoms with van der Waals surface area (Å²) < 4.78 is 0. The summed E-state index contributed by atoms with van der Waals surface area (Å²) in [5, 5.41) is 2.91. The second-order valence-corrected chi connectivity index (χ2v) is 7.48. The number of hydrogen-bond acceptors (Lipinski definition) is 6. The number of guanidine groups is 2. The number of nitrogens with zero attached hydrogens (tertiary/aromatic N) is 4. The zero-order valence-corrected chi connectivity index (χ0v) is 15.7. The monoisotopic (exact) mass is 369 g/mol. The molecule has 8 heteroatoms. The molecule has 144 valence electrons. The van der Waals surface area contributed by atoms with Gasteiger partial charge in [-0.3, -0.25) is 9.80 Å². The molecule has 1 saturated carbocycles. The van der Waals surface area contributed by atoms with E-state index in [0.717, 1.165) is 55.6 Å². The predicted molar refractivity (Wildman–Crippen MR) is 108 cm³/mol. The van der Waals surface area contributed by atoms with Gasteiger partial charge >= 0.3 is 6.03 Å². The Morgan fingerprint density at radius 2 is 1.85 bits per heavy atom. The average Bonchev–Trinajstić information content (AvgIpc) is 2.64. The van der Waals surface area contributed by atoms with Gasteiger partial charge in [0.05, 0.1) is 11.4 Å². The molecule has 0 aromatic heterocycles. The van der Waals surface area contributed by atoms with E-state index in [0.29, 0.717) is 12.5 Å². The van der Waals surface area contributed by atoms with Gasteiger partial charge in [-0.15, -0.1) is 0 Å². The molecule has 8 nitrogen and oxygen atoms in total. The maximum atomic E-state index is 12.4. The Labute approximate surface area is 159 Å². The fourth-order valence-corrected chi connectivity index (χ4v) is 4.48. The molecule has 2 fully saturated rings. The van der Waals surface area contributed by atoms with Gasteiger partial charge in [-0.2, -0.15) is 4.99 Å². The Kier molecular flexibility index (Phi) is 4.41. The van der Waals surface area contributed by atoms with Crippen molar-refractivity contribution in [2.75, 3.05) is 22.9 Å². The Morgan fingerprint density at radius 1 is 1.11 bits per heavy atom. The number of nitrogens with two attached hydrogens (primary N) is 2. The molecule has 1 aromatic carbocycles. The van der Waals surface area contributed by atoms with Crippen molar-refractivity contribution in [3.8, 4) is 0 Å². The first-order valence-corrected chi connectivity index (χ1v) is 9.66. The minimum absolute atomic E-state index is 0.0589. The zero-order valence-electron chi connectivity index (χ0n) is 15.7. The number of nitrogens with one attached hydrogen (secondary N) is 1. The first kappa shape index (κ1) is 17.6. The van der Waals surface area contributed by atoms with Crippen molar-refractivity contribution in [2.45, 2.75) is 51.1 Å². The van der Waals surface area contributed by atoms with E-state index in [1.54, 1.807) is 4.90 Å². The topological polar surface area (TPSA) is 112 Å². The summed E-state index contributed by atoms with van der Waals surface area (Å²) in [5.74, 6) is 0.614. The number of urea groups is 1. The van der Waals surface area contributed by atoms with Crippen LogP contribution in [0, 0.1) is 6.92 Å². The van der Waals surface area contributed by atoms with Crippen LogP contribution in [-0.4, -0.2) is 36.7 Å². The molecule has 3 aliphatic rings. The van der Waals surface area contributed by atoms with E-state index in [4.69, 9.17) is 16.5 Å². The quantitative estimate of drug-likeness (QED) is 0.740. The molecular formula is C19H27N7O. The number of aliphatic imine (C=N–C) groups is 2. The highest BCUT2D eigenvalue weighted by atomic mass is 16.2. The third-order valence-electron chi connectivity index (χ3n) is 5.74. The lowest BCUT2D eigenvalue weighted by Gasteiger charge is -2.46. The Bertz CT molecular complexity index is 810. The molecule has 2 aliphatic heterocycles. The fraction of sp³-hybridized carbons (Fsp3) is 0.526. The summed E-state index contributed by atoms with van der Waals surface area (Å²) >= 11 is 0. The number of carbonyl (C=O) groups is 1. The molecule has 0 atom stereocenters. The van der Waals surface area contributed by atoms with Crippen LogP contribution in [0.4, 0.5) is 16.2 Å². The van der Waals surface area contributed by atoms with E-state index in [-0.39, 0.29) is 12.0 Å². The smallest absolute Gasteiger partial charge is 0.321 e. The van der Waals surface area contributed by atoms with Crippen LogP contribution >= 0.6 is 0 Å². The van der Waals surface area contributed by atoms with Crippen LogP contribution in [0.2, 0.25) is 0 Å². The lowest BCUT2D eigenvalue weighted by atomic mass is 9.87. The van der Waals surface area contributed by atoms with Crippen molar-refractivity contribution in [1.82, 2.24) is 5.32 Å². The molecule has 1 aromatic rings. The van der Waals surface area contributed by atoms with Gasteiger partial charge < -0.3 is 16.8 Å². The van der Waals surface area contributed by atoms with Gasteiger partial charge in [0.1, 0.15) is 5.66 Å². The molecular weight excluding hydrogens is 342 g/mol. The van der Waals surface area contributed by atoms with Crippen LogP contribution < -0.4 is 26.6 Å². The van der Waals surface area contributed by atoms with E-state index in [9.17, 15) is 4.79 Å². The van der Waals surface area contributed by atoms with Crippen molar-refractivity contribution < 1.29 is 4.79 Å². The van der Waals surface area contributed by atoms with Crippen molar-refractivity contribution >= 4 is 29.3 Å². The van der Waals surface area contributed by atoms with Crippen LogP contribution in [-0.2, 0) is 0 Å². The van der Waals surface area contributed by atoms with Crippen molar-refractivity contribution in [3.05, 3.63) is 23.8 Å². The Balaban J connectivity index is 1.79. The largest absolute Gasteiger partial charge is 0.369 e. The summed E-state index contributed by atoms with van der Waals surface area (Å²) in [5.41, 5.74) is 14.7. The third kappa shape index (κ3) is 2.98. The van der Waals surface area contributed by atoms with Crippen LogP contribution in [0.15, 0.2) is 28.2 Å². The highest BCUT2D eigenvalue weighted by Crippen LogP contribution is 2.42. The van der Waals surface area contributed by atoms with Gasteiger partial charge in [-0.05, 0) is 56.7 Å². The Hall–Kier alpha value is -2.77. The molecule has 2 heterocycles. The van der Waals surface area contributed by atoms with Crippen LogP contribution in [0.5, 0.6) is 0 Å². The number of anilines is 2. The molecule has 1 spiro atoms. The summed E-state index contributed by atoms with van der Waals surface area (Å²) in [6, 6.07) is 5.91. The van der Waals surface area contributed by atoms with Crippen LogP contribution in [0.25, 0.3) is 0 Å². The molecule has 0 bridgehead atoms. The second-order valence-electron chi connectivity index (χ2n) is 7.48. The number of benzene rings is 1. The molecule has 5 N–H and O–H groups in total. The molecule has 2 amide bonds. The van der Waals surface area contributed by atoms with Crippen molar-refractivity contribution in [1.29, 1.82) is 0 Å². The summed E-state index contributed by atoms with van der Waals surface area (Å²) in [7, 11) is 0. The number of hydrogen-bond donors (Lipinski definition) is 3. The predicted octanol–water partition coefficient (Wildman–Crippen LogP) is 2.02. The highest BCUT2D eigenvalue weighted by molar-refractivity contribution is 6.06. The molecule has 1 saturated heterocycles. The van der Waals surface area contributed by atoms with Gasteiger partial charge in [0.15, 0.2) is 0 Å². The van der Waals surface area contributed by atoms with E-state index < -0.39 is 5.66 Å². The number of amides is 2. The molecule has 0 unspecified atom stereocenters. The van der Waals surface area contributed by atoms with E-state index >= 15 is 0 Å². The number of carbonyl (C=O) groups excluding carboxylic acids is 1. The highest BCUT2D eigenvalue weighted by Gasteiger charge is 2.43. The Morgan fingerprint density at radius 3 is 2.59 bits per heavy atom. The fourth-order valence-electron chi connectivity index (χ4n) is 4.48. The van der Waals surface area contributed by atoms with Crippen LogP contribution in [0.1, 0.15) is 44.1 Å². The second kappa shape index (κ2) is 6.75. The first-order valence-electron chi connectivity index (χ1n) is 9.66. The zero-order chi connectivity index (χ0) is 19.0. The van der Waals surface area contributed by atoms with Gasteiger partial charge in [-0.1, -0.05) is 12.5 Å². The van der Waals surface area contributed by atoms with Crippen molar-refractivity contribution in [3.63, 3.8) is 0 Å². The van der Waals surface area contributed by atoms with E-state index in [2.05, 4.69) is 10.3 Å². The summed E-state index contributed by atoms with van der Waals surface area (Å²) in [6.45, 7) is 3.45. The standard InChI is InChI=1S/C19H27N7O/c1-13-14(25-12-6-11-22-18(25)27)7-5-8-15(13)26-17(21)23-16(20)24-19(26)9-3-2-4-10-19/h5,7-8H,2-4,6,9-12H2,1H3,(H,22,27)(H4,20,21,23,24). The summed E-state index contributed by atoms with van der Waals surface area (Å²) in [6.07, 6.45) is 6.04. The maximum absolute atomic E-state index is 12.4. The van der Waals surface area contributed by atoms with E-state index in [1.165, 1.54) is 6.42 Å². The molecule has 0 radical (unpaired) electrons. The molecule has 1 aliphatic carbocycles. The lowest BCUT2D eigenvalue weighted by Crippen LogP contribution is -2.58. The number of rotatable bonds is 2. The maximum Gasteiger partial charge on any atom is 0.321 e. The normalized spacial score (nSPS) is 22.3. The molecule has 4 rings (SSSR count). The minimum Gasteiger partial charge on any atom is -0.369 e. The minimum atomic E-state index is -0.484. The van der Waals surface area contributed by atoms with Gasteiger partial charge in [0, 0.05) is 13.1 Å². The lowest BCUT2D eigenvalue weighted by molar-refractivity contribution is 0.243. The molecule has 27 heavy (non-hydrogen) atoms. The SMILES string of the molecule is Cc1c(N2CCCNC2=O)cccc1N1C(N)=NC(N)=NC12CCCCC2. The van der Waals surface area contributed by atoms with Gasteiger partial charge in [0.2, 0.25) is 11.9 Å². The summed E-state index contributed by atoms with van der Waals surface area (Å²) in [4.78, 5) is 25.2. The third-order valence-corrected chi connectivity index (χ3v) is 5.74.